The summed E-state index contributed by atoms with van der Waals surface area (Å²) in [6, 6.07) is 7.80. The van der Waals surface area contributed by atoms with Crippen LogP contribution in [0.5, 0.6) is 0 Å². The summed E-state index contributed by atoms with van der Waals surface area (Å²) < 4.78 is 0. The standard InChI is InChI=1S/C23H32N6O3S/c1-15-3-2-4-16(9-15)21(31)25-11-20(30)28-17-12-29(13-17)18-5-7-23(32,8-6-18)19-10-26-22(33-19)27-14-24/h2-4,9-10,17-18,32H,5-8,11-14,24H2,1H3,(H,25,31)(H,26,27)(H,28,30). The minimum atomic E-state index is -0.823. The first-order valence-corrected chi connectivity index (χ1v) is 12.2. The van der Waals surface area contributed by atoms with E-state index in [1.807, 2.05) is 19.1 Å². The van der Waals surface area contributed by atoms with Crippen LogP contribution in [0.1, 0.15) is 46.5 Å². The van der Waals surface area contributed by atoms with Gasteiger partial charge in [-0.2, -0.15) is 0 Å². The second kappa shape index (κ2) is 10.2. The highest BCUT2D eigenvalue weighted by Gasteiger charge is 2.41. The Morgan fingerprint density at radius 1 is 1.30 bits per heavy atom. The van der Waals surface area contributed by atoms with E-state index in [4.69, 9.17) is 5.73 Å². The Labute approximate surface area is 197 Å². The number of hydrogen-bond donors (Lipinski definition) is 5. The van der Waals surface area contributed by atoms with Crippen LogP contribution in [-0.2, 0) is 10.4 Å². The number of likely N-dealkylation sites (tertiary alicyclic amines) is 1. The minimum absolute atomic E-state index is 0.0322. The molecule has 1 saturated carbocycles. The Morgan fingerprint density at radius 2 is 2.06 bits per heavy atom. The van der Waals surface area contributed by atoms with Crippen molar-refractivity contribution in [2.24, 2.45) is 5.73 Å². The second-order valence-corrected chi connectivity index (χ2v) is 9.97. The molecule has 0 spiro atoms. The SMILES string of the molecule is Cc1cccc(C(=O)NCC(=O)NC2CN(C3CCC(O)(c4cnc(NCN)s4)CC3)C2)c1. The van der Waals surface area contributed by atoms with E-state index < -0.39 is 5.60 Å². The third-order valence-electron chi connectivity index (χ3n) is 6.48. The van der Waals surface area contributed by atoms with Crippen molar-refractivity contribution in [3.63, 3.8) is 0 Å². The van der Waals surface area contributed by atoms with Gasteiger partial charge in [-0.3, -0.25) is 14.5 Å². The number of carbonyl (C=O) groups is 2. The van der Waals surface area contributed by atoms with E-state index in [1.54, 1.807) is 18.3 Å². The van der Waals surface area contributed by atoms with Crippen LogP contribution in [0, 0.1) is 6.92 Å². The van der Waals surface area contributed by atoms with Crippen molar-refractivity contribution < 1.29 is 14.7 Å². The average molecular weight is 473 g/mol. The highest BCUT2D eigenvalue weighted by molar-refractivity contribution is 7.15. The summed E-state index contributed by atoms with van der Waals surface area (Å²) in [6.07, 6.45) is 4.94. The summed E-state index contributed by atoms with van der Waals surface area (Å²) in [5.41, 5.74) is 6.23. The van der Waals surface area contributed by atoms with Crippen molar-refractivity contribution >= 4 is 28.3 Å². The molecule has 2 aliphatic rings. The van der Waals surface area contributed by atoms with Gasteiger partial charge in [-0.05, 0) is 44.7 Å². The van der Waals surface area contributed by atoms with Crippen LogP contribution in [0.3, 0.4) is 0 Å². The fourth-order valence-electron chi connectivity index (χ4n) is 4.58. The molecule has 4 rings (SSSR count). The number of carbonyl (C=O) groups excluding carboxylic acids is 2. The van der Waals surface area contributed by atoms with Gasteiger partial charge in [0.1, 0.15) is 5.60 Å². The van der Waals surface area contributed by atoms with Gasteiger partial charge in [0.15, 0.2) is 5.13 Å². The smallest absolute Gasteiger partial charge is 0.251 e. The Kier molecular flexibility index (Phi) is 7.28. The molecule has 2 amide bonds. The number of nitrogens with one attached hydrogen (secondary N) is 3. The maximum atomic E-state index is 12.2. The molecule has 9 nitrogen and oxygen atoms in total. The number of hydrogen-bond acceptors (Lipinski definition) is 8. The van der Waals surface area contributed by atoms with Crippen LogP contribution < -0.4 is 21.7 Å². The van der Waals surface area contributed by atoms with Crippen LogP contribution in [-0.4, -0.2) is 65.2 Å². The number of thiazole rings is 1. The molecule has 33 heavy (non-hydrogen) atoms. The molecule has 6 N–H and O–H groups in total. The first-order chi connectivity index (χ1) is 15.9. The van der Waals surface area contributed by atoms with Crippen LogP contribution in [0.15, 0.2) is 30.5 Å². The summed E-state index contributed by atoms with van der Waals surface area (Å²) in [4.78, 5) is 31.9. The molecular formula is C23H32N6O3S. The summed E-state index contributed by atoms with van der Waals surface area (Å²) in [5, 5.41) is 20.5. The van der Waals surface area contributed by atoms with Crippen LogP contribution in [0.2, 0.25) is 0 Å². The largest absolute Gasteiger partial charge is 0.384 e. The maximum absolute atomic E-state index is 12.2. The molecule has 0 unspecified atom stereocenters. The van der Waals surface area contributed by atoms with Crippen molar-refractivity contribution in [2.75, 3.05) is 31.6 Å². The van der Waals surface area contributed by atoms with Crippen molar-refractivity contribution in [2.45, 2.75) is 50.3 Å². The number of aromatic nitrogens is 1. The highest BCUT2D eigenvalue weighted by Crippen LogP contribution is 2.42. The van der Waals surface area contributed by atoms with E-state index >= 15 is 0 Å². The Balaban J connectivity index is 1.16. The Morgan fingerprint density at radius 3 is 2.76 bits per heavy atom. The van der Waals surface area contributed by atoms with Gasteiger partial charge in [0.25, 0.3) is 5.91 Å². The lowest BCUT2D eigenvalue weighted by molar-refractivity contribution is -0.122. The van der Waals surface area contributed by atoms with Crippen LogP contribution in [0.25, 0.3) is 0 Å². The van der Waals surface area contributed by atoms with Crippen LogP contribution in [0.4, 0.5) is 5.13 Å². The molecule has 2 fully saturated rings. The zero-order valence-corrected chi connectivity index (χ0v) is 19.7. The van der Waals surface area contributed by atoms with Gasteiger partial charge in [0, 0.05) is 30.9 Å². The molecular weight excluding hydrogens is 440 g/mol. The van der Waals surface area contributed by atoms with Crippen molar-refractivity contribution in [3.8, 4) is 0 Å². The van der Waals surface area contributed by atoms with E-state index in [-0.39, 0.29) is 24.4 Å². The predicted molar refractivity (Wildman–Crippen MR) is 128 cm³/mol. The maximum Gasteiger partial charge on any atom is 0.251 e. The lowest BCUT2D eigenvalue weighted by Crippen LogP contribution is -2.63. The summed E-state index contributed by atoms with van der Waals surface area (Å²) in [5.74, 6) is -0.420. The fourth-order valence-corrected chi connectivity index (χ4v) is 5.55. The number of nitrogens with zero attached hydrogens (tertiary/aromatic N) is 2. The van der Waals surface area contributed by atoms with Gasteiger partial charge in [-0.1, -0.05) is 29.0 Å². The summed E-state index contributed by atoms with van der Waals surface area (Å²) >= 11 is 1.46. The molecule has 1 aromatic heterocycles. The van der Waals surface area contributed by atoms with Gasteiger partial charge in [0.05, 0.1) is 24.1 Å². The first kappa shape index (κ1) is 23.6. The lowest BCUT2D eigenvalue weighted by atomic mass is 9.80. The minimum Gasteiger partial charge on any atom is -0.384 e. The van der Waals surface area contributed by atoms with E-state index in [9.17, 15) is 14.7 Å². The number of nitrogens with two attached hydrogens (primary N) is 1. The van der Waals surface area contributed by atoms with E-state index in [2.05, 4.69) is 25.8 Å². The molecule has 0 bridgehead atoms. The fraction of sp³-hybridized carbons (Fsp3) is 0.522. The molecule has 1 aliphatic carbocycles. The number of aryl methyl sites for hydroxylation is 1. The normalized spacial score (nSPS) is 23.5. The molecule has 1 aromatic carbocycles. The van der Waals surface area contributed by atoms with Crippen molar-refractivity contribution in [1.82, 2.24) is 20.5 Å². The van der Waals surface area contributed by atoms with E-state index in [0.29, 0.717) is 31.1 Å². The molecule has 2 aromatic rings. The topological polar surface area (TPSA) is 133 Å². The zero-order valence-electron chi connectivity index (χ0n) is 18.8. The highest BCUT2D eigenvalue weighted by atomic mass is 32.1. The Hall–Kier alpha value is -2.53. The van der Waals surface area contributed by atoms with Gasteiger partial charge < -0.3 is 26.8 Å². The number of amides is 2. The first-order valence-electron chi connectivity index (χ1n) is 11.4. The lowest BCUT2D eigenvalue weighted by Gasteiger charge is -2.48. The monoisotopic (exact) mass is 472 g/mol. The molecule has 178 valence electrons. The quantitative estimate of drug-likeness (QED) is 0.364. The van der Waals surface area contributed by atoms with Crippen LogP contribution >= 0.6 is 11.3 Å². The zero-order chi connectivity index (χ0) is 23.4. The van der Waals surface area contributed by atoms with E-state index in [0.717, 1.165) is 41.5 Å². The summed E-state index contributed by atoms with van der Waals surface area (Å²) in [6.45, 7) is 3.81. The summed E-state index contributed by atoms with van der Waals surface area (Å²) in [7, 11) is 0. The Bertz CT molecular complexity index is 982. The van der Waals surface area contributed by atoms with E-state index in [1.165, 1.54) is 11.3 Å². The molecule has 1 aliphatic heterocycles. The van der Waals surface area contributed by atoms with Crippen molar-refractivity contribution in [1.29, 1.82) is 0 Å². The number of aliphatic hydroxyl groups is 1. The molecule has 10 heteroatoms. The second-order valence-electron chi connectivity index (χ2n) is 8.94. The van der Waals surface area contributed by atoms with Crippen molar-refractivity contribution in [3.05, 3.63) is 46.5 Å². The number of rotatable bonds is 8. The van der Waals surface area contributed by atoms with Gasteiger partial charge in [-0.25, -0.2) is 4.98 Å². The number of benzene rings is 1. The van der Waals surface area contributed by atoms with Gasteiger partial charge >= 0.3 is 0 Å². The average Bonchev–Trinajstić information content (AvgIpc) is 3.25. The number of anilines is 1. The third kappa shape index (κ3) is 5.70. The third-order valence-corrected chi connectivity index (χ3v) is 7.63. The predicted octanol–water partition coefficient (Wildman–Crippen LogP) is 1.14. The molecule has 1 saturated heterocycles. The molecule has 0 atom stereocenters. The van der Waals surface area contributed by atoms with Gasteiger partial charge in [-0.15, -0.1) is 0 Å². The van der Waals surface area contributed by atoms with Gasteiger partial charge in [0.2, 0.25) is 5.91 Å². The molecule has 2 heterocycles. The molecule has 0 radical (unpaired) electrons.